The number of rotatable bonds is 15. The van der Waals surface area contributed by atoms with Crippen LogP contribution in [0, 0.1) is 0 Å². The maximum Gasteiger partial charge on any atom is 0.187 e. The molecule has 2 aromatic carbocycles. The van der Waals surface area contributed by atoms with Crippen LogP contribution in [-0.2, 0) is 4.79 Å². The maximum atomic E-state index is 13.6. The van der Waals surface area contributed by atoms with Crippen molar-refractivity contribution in [1.82, 2.24) is 4.90 Å². The third kappa shape index (κ3) is 8.89. The summed E-state index contributed by atoms with van der Waals surface area (Å²) in [4.78, 5) is 15.9. The van der Waals surface area contributed by atoms with Crippen molar-refractivity contribution in [2.75, 3.05) is 46.1 Å². The Balaban J connectivity index is 1.88. The number of hydrogen-bond donors (Lipinski definition) is 0. The molecule has 0 aliphatic carbocycles. The molecule has 6 nitrogen and oxygen atoms in total. The van der Waals surface area contributed by atoms with Crippen LogP contribution in [0.15, 0.2) is 47.5 Å². The van der Waals surface area contributed by atoms with Crippen LogP contribution in [-0.4, -0.2) is 56.7 Å². The molecule has 1 aliphatic heterocycles. The molecule has 1 heterocycles. The van der Waals surface area contributed by atoms with E-state index in [2.05, 4.69) is 25.7 Å². The predicted octanol–water partition coefficient (Wildman–Crippen LogP) is 7.21. The lowest BCUT2D eigenvalue weighted by molar-refractivity contribution is -0.113. The molecule has 1 fully saturated rings. The van der Waals surface area contributed by atoms with Crippen LogP contribution in [0.5, 0.6) is 23.0 Å². The van der Waals surface area contributed by atoms with E-state index in [1.807, 2.05) is 62.4 Å². The van der Waals surface area contributed by atoms with Crippen molar-refractivity contribution < 1.29 is 23.7 Å². The summed E-state index contributed by atoms with van der Waals surface area (Å²) in [6, 6.07) is 11.8. The van der Waals surface area contributed by atoms with Gasteiger partial charge in [0.05, 0.1) is 26.4 Å². The Morgan fingerprint density at radius 1 is 0.667 bits per heavy atom. The first-order chi connectivity index (χ1) is 19.0. The third-order valence-electron chi connectivity index (χ3n) is 6.55. The standard InChI is InChI=1S/C33H45NO5/c1-6-11-17-38-29-15-13-25(21-31(29)36-9-4)19-27-23-34(8-3)24-28(33(27)35)20-26-14-16-30(39-18-12-7-2)32(22-26)37-10-5/h13-16,19-22H,6-12,17-18,23-24H2,1-5H3/b27-19-,28-20+. The summed E-state index contributed by atoms with van der Waals surface area (Å²) >= 11 is 0. The first-order valence-corrected chi connectivity index (χ1v) is 14.5. The van der Waals surface area contributed by atoms with Gasteiger partial charge >= 0.3 is 0 Å². The zero-order chi connectivity index (χ0) is 28.0. The Labute approximate surface area is 234 Å². The zero-order valence-electron chi connectivity index (χ0n) is 24.4. The van der Waals surface area contributed by atoms with E-state index in [1.165, 1.54) is 0 Å². The van der Waals surface area contributed by atoms with Gasteiger partial charge in [0.2, 0.25) is 0 Å². The number of Topliss-reactive ketones (excluding diaryl/α,β-unsaturated/α-hetero) is 1. The predicted molar refractivity (Wildman–Crippen MR) is 159 cm³/mol. The molecule has 39 heavy (non-hydrogen) atoms. The number of carbonyl (C=O) groups is 1. The van der Waals surface area contributed by atoms with Crippen molar-refractivity contribution in [3.05, 3.63) is 58.7 Å². The quantitative estimate of drug-likeness (QED) is 0.177. The first-order valence-electron chi connectivity index (χ1n) is 14.5. The Morgan fingerprint density at radius 3 is 1.51 bits per heavy atom. The average molecular weight is 536 g/mol. The van der Waals surface area contributed by atoms with Crippen LogP contribution in [0.4, 0.5) is 0 Å². The van der Waals surface area contributed by atoms with Crippen LogP contribution in [0.25, 0.3) is 12.2 Å². The van der Waals surface area contributed by atoms with Gasteiger partial charge in [-0.1, -0.05) is 45.7 Å². The van der Waals surface area contributed by atoms with Gasteiger partial charge in [-0.2, -0.15) is 0 Å². The average Bonchev–Trinajstić information content (AvgIpc) is 2.93. The van der Waals surface area contributed by atoms with Crippen LogP contribution < -0.4 is 18.9 Å². The molecule has 0 aromatic heterocycles. The van der Waals surface area contributed by atoms with E-state index in [4.69, 9.17) is 18.9 Å². The molecule has 6 heteroatoms. The molecule has 1 aliphatic rings. The van der Waals surface area contributed by atoms with Crippen molar-refractivity contribution in [1.29, 1.82) is 0 Å². The number of ether oxygens (including phenoxy) is 4. The van der Waals surface area contributed by atoms with Crippen LogP contribution in [0.2, 0.25) is 0 Å². The van der Waals surface area contributed by atoms with E-state index in [9.17, 15) is 4.79 Å². The van der Waals surface area contributed by atoms with E-state index in [0.717, 1.165) is 66.0 Å². The molecule has 0 radical (unpaired) electrons. The highest BCUT2D eigenvalue weighted by Gasteiger charge is 2.25. The van der Waals surface area contributed by atoms with Gasteiger partial charge in [-0.15, -0.1) is 0 Å². The van der Waals surface area contributed by atoms with Crippen LogP contribution in [0.1, 0.15) is 71.4 Å². The second-order valence-electron chi connectivity index (χ2n) is 9.65. The molecule has 0 unspecified atom stereocenters. The number of nitrogens with zero attached hydrogens (tertiary/aromatic N) is 1. The maximum absolute atomic E-state index is 13.6. The molecule has 1 saturated heterocycles. The molecular weight excluding hydrogens is 490 g/mol. The number of piperidine rings is 1. The zero-order valence-corrected chi connectivity index (χ0v) is 24.4. The Hall–Kier alpha value is -3.25. The van der Waals surface area contributed by atoms with Gasteiger partial charge < -0.3 is 18.9 Å². The second kappa shape index (κ2) is 16.0. The lowest BCUT2D eigenvalue weighted by Crippen LogP contribution is -2.37. The topological polar surface area (TPSA) is 57.2 Å². The minimum atomic E-state index is 0.0714. The van der Waals surface area contributed by atoms with Crippen LogP contribution in [0.3, 0.4) is 0 Å². The molecule has 212 valence electrons. The largest absolute Gasteiger partial charge is 0.490 e. The summed E-state index contributed by atoms with van der Waals surface area (Å²) < 4.78 is 23.6. The highest BCUT2D eigenvalue weighted by atomic mass is 16.5. The number of hydrogen-bond acceptors (Lipinski definition) is 6. The third-order valence-corrected chi connectivity index (χ3v) is 6.55. The number of likely N-dealkylation sites (tertiary alicyclic amines) is 1. The van der Waals surface area contributed by atoms with Gasteiger partial charge in [0, 0.05) is 24.2 Å². The number of ketones is 1. The molecule has 0 atom stereocenters. The minimum Gasteiger partial charge on any atom is -0.490 e. The fourth-order valence-electron chi connectivity index (χ4n) is 4.39. The fourth-order valence-corrected chi connectivity index (χ4v) is 4.39. The van der Waals surface area contributed by atoms with Crippen molar-refractivity contribution in [2.24, 2.45) is 0 Å². The Kier molecular flexibility index (Phi) is 12.4. The fraction of sp³-hybridized carbons (Fsp3) is 0.485. The van der Waals surface area contributed by atoms with Gasteiger partial charge in [0.1, 0.15) is 0 Å². The summed E-state index contributed by atoms with van der Waals surface area (Å²) in [6.45, 7) is 14.8. The Morgan fingerprint density at radius 2 is 1.13 bits per heavy atom. The number of benzene rings is 2. The lowest BCUT2D eigenvalue weighted by Gasteiger charge is -2.28. The van der Waals surface area contributed by atoms with E-state index >= 15 is 0 Å². The van der Waals surface area contributed by atoms with Crippen LogP contribution >= 0.6 is 0 Å². The molecule has 0 saturated carbocycles. The Bertz CT molecular complexity index is 1050. The van der Waals surface area contributed by atoms with E-state index < -0.39 is 0 Å². The van der Waals surface area contributed by atoms with E-state index in [1.54, 1.807) is 0 Å². The summed E-state index contributed by atoms with van der Waals surface area (Å²) in [7, 11) is 0. The molecule has 0 N–H and O–H groups in total. The van der Waals surface area contributed by atoms with Gasteiger partial charge in [-0.3, -0.25) is 9.69 Å². The summed E-state index contributed by atoms with van der Waals surface area (Å²) in [5, 5.41) is 0. The monoisotopic (exact) mass is 535 g/mol. The second-order valence-corrected chi connectivity index (χ2v) is 9.65. The lowest BCUT2D eigenvalue weighted by atomic mass is 9.94. The van der Waals surface area contributed by atoms with Crippen molar-refractivity contribution >= 4 is 17.9 Å². The van der Waals surface area contributed by atoms with E-state index in [0.29, 0.717) is 51.0 Å². The molecule has 0 bridgehead atoms. The van der Waals surface area contributed by atoms with Gasteiger partial charge in [0.25, 0.3) is 0 Å². The SMILES string of the molecule is CCCCOc1ccc(/C=C2/CN(CC)C/C(=C\c3ccc(OCCCC)c(OCC)c3)C2=O)cc1OCC. The molecule has 0 spiro atoms. The molecule has 2 aromatic rings. The number of unbranched alkanes of at least 4 members (excludes halogenated alkanes) is 2. The minimum absolute atomic E-state index is 0.0714. The van der Waals surface area contributed by atoms with Crippen molar-refractivity contribution in [2.45, 2.75) is 60.3 Å². The summed E-state index contributed by atoms with van der Waals surface area (Å²) in [5.41, 5.74) is 3.38. The highest BCUT2D eigenvalue weighted by molar-refractivity contribution is 6.14. The molecule has 0 amide bonds. The van der Waals surface area contributed by atoms with Crippen molar-refractivity contribution in [3.63, 3.8) is 0 Å². The molecular formula is C33H45NO5. The van der Waals surface area contributed by atoms with E-state index in [-0.39, 0.29) is 5.78 Å². The normalized spacial score (nSPS) is 16.1. The van der Waals surface area contributed by atoms with Gasteiger partial charge in [-0.25, -0.2) is 0 Å². The number of likely N-dealkylation sites (N-methyl/N-ethyl adjacent to an activating group) is 1. The van der Waals surface area contributed by atoms with Crippen molar-refractivity contribution in [3.8, 4) is 23.0 Å². The van der Waals surface area contributed by atoms with Gasteiger partial charge in [0.15, 0.2) is 28.8 Å². The highest BCUT2D eigenvalue weighted by Crippen LogP contribution is 2.32. The molecule has 3 rings (SSSR count). The smallest absolute Gasteiger partial charge is 0.187 e. The summed E-state index contributed by atoms with van der Waals surface area (Å²) in [5.74, 6) is 2.97. The first kappa shape index (κ1) is 30.3. The van der Waals surface area contributed by atoms with Gasteiger partial charge in [-0.05, 0) is 80.8 Å². The summed E-state index contributed by atoms with van der Waals surface area (Å²) in [6.07, 6.45) is 8.09. The number of carbonyl (C=O) groups excluding carboxylic acids is 1.